The highest BCUT2D eigenvalue weighted by Crippen LogP contribution is 2.27. The number of hydrogen-bond acceptors (Lipinski definition) is 7. The summed E-state index contributed by atoms with van der Waals surface area (Å²) < 4.78 is 7.44. The van der Waals surface area contributed by atoms with Crippen molar-refractivity contribution >= 4 is 23.5 Å². The Morgan fingerprint density at radius 3 is 2.62 bits per heavy atom. The van der Waals surface area contributed by atoms with Gasteiger partial charge in [0.15, 0.2) is 5.16 Å². The van der Waals surface area contributed by atoms with Gasteiger partial charge in [0.25, 0.3) is 5.56 Å². The summed E-state index contributed by atoms with van der Waals surface area (Å²) in [7, 11) is 1.71. The molecule has 3 aromatic rings. The van der Waals surface area contributed by atoms with Crippen LogP contribution in [0.15, 0.2) is 51.6 Å². The third-order valence-corrected chi connectivity index (χ3v) is 5.15. The van der Waals surface area contributed by atoms with E-state index >= 15 is 0 Å². The van der Waals surface area contributed by atoms with Crippen LogP contribution in [0.25, 0.3) is 11.3 Å². The Morgan fingerprint density at radius 1 is 1.12 bits per heavy atom. The monoisotopic (exact) mass is 386 g/mol. The minimum Gasteiger partial charge on any atom is -0.455 e. The van der Waals surface area contributed by atoms with E-state index in [0.29, 0.717) is 33.6 Å². The van der Waals surface area contributed by atoms with E-state index in [1.807, 2.05) is 31.6 Å². The zero-order valence-electron chi connectivity index (χ0n) is 14.9. The minimum atomic E-state index is -0.122. The van der Waals surface area contributed by atoms with Crippen molar-refractivity contribution < 1.29 is 4.74 Å². The van der Waals surface area contributed by atoms with Crippen molar-refractivity contribution in [2.24, 2.45) is 7.05 Å². The van der Waals surface area contributed by atoms with Crippen molar-refractivity contribution in [1.29, 1.82) is 0 Å². The van der Waals surface area contributed by atoms with E-state index in [-0.39, 0.29) is 5.56 Å². The van der Waals surface area contributed by atoms with Crippen molar-refractivity contribution in [1.82, 2.24) is 19.5 Å². The molecule has 0 bridgehead atoms. The van der Waals surface area contributed by atoms with Gasteiger partial charge in [-0.25, -0.2) is 15.0 Å². The number of ether oxygens (including phenoxy) is 1. The molecule has 0 radical (unpaired) electrons. The van der Waals surface area contributed by atoms with Crippen LogP contribution < -0.4 is 10.3 Å². The Bertz CT molecular complexity index is 1000. The SMILES string of the molecule is CSc1cc(Oc2ccc(-c3cnc(SC)n(C)c3=O)nc2C)ccn1. The average Bonchev–Trinajstić information content (AvgIpc) is 2.66. The molecule has 8 heteroatoms. The number of thioether (sulfide) groups is 2. The molecule has 3 heterocycles. The summed E-state index contributed by atoms with van der Waals surface area (Å²) in [4.78, 5) is 25.6. The van der Waals surface area contributed by atoms with Gasteiger partial charge >= 0.3 is 0 Å². The molecule has 0 atom stereocenters. The summed E-state index contributed by atoms with van der Waals surface area (Å²) in [6.45, 7) is 1.85. The predicted octanol–water partition coefficient (Wildman–Crippen LogP) is 3.78. The minimum absolute atomic E-state index is 0.122. The molecular formula is C18H18N4O2S2. The summed E-state index contributed by atoms with van der Waals surface area (Å²) >= 11 is 2.98. The Morgan fingerprint density at radius 2 is 1.92 bits per heavy atom. The molecule has 0 spiro atoms. The number of rotatable bonds is 5. The summed E-state index contributed by atoms with van der Waals surface area (Å²) in [5, 5.41) is 1.55. The molecule has 0 saturated heterocycles. The molecule has 26 heavy (non-hydrogen) atoms. The fourth-order valence-corrected chi connectivity index (χ4v) is 3.31. The number of pyridine rings is 2. The second-order valence-electron chi connectivity index (χ2n) is 5.44. The molecule has 3 aromatic heterocycles. The van der Waals surface area contributed by atoms with Gasteiger partial charge in [-0.3, -0.25) is 9.36 Å². The van der Waals surface area contributed by atoms with Gasteiger partial charge in [0, 0.05) is 25.5 Å². The highest BCUT2D eigenvalue weighted by molar-refractivity contribution is 7.98. The van der Waals surface area contributed by atoms with E-state index in [0.717, 1.165) is 5.03 Å². The van der Waals surface area contributed by atoms with E-state index < -0.39 is 0 Å². The normalized spacial score (nSPS) is 10.8. The number of aryl methyl sites for hydroxylation is 1. The molecule has 0 amide bonds. The maximum Gasteiger partial charge on any atom is 0.263 e. The van der Waals surface area contributed by atoms with Crippen LogP contribution in [0.4, 0.5) is 0 Å². The predicted molar refractivity (Wildman–Crippen MR) is 105 cm³/mol. The zero-order chi connectivity index (χ0) is 18.7. The molecule has 3 rings (SSSR count). The van der Waals surface area contributed by atoms with Gasteiger partial charge in [-0.2, -0.15) is 0 Å². The van der Waals surface area contributed by atoms with E-state index in [9.17, 15) is 4.79 Å². The maximum absolute atomic E-state index is 12.5. The van der Waals surface area contributed by atoms with E-state index in [2.05, 4.69) is 15.0 Å². The zero-order valence-corrected chi connectivity index (χ0v) is 16.5. The van der Waals surface area contributed by atoms with Crippen LogP contribution in [0.2, 0.25) is 0 Å². The van der Waals surface area contributed by atoms with E-state index in [4.69, 9.17) is 4.74 Å². The largest absolute Gasteiger partial charge is 0.455 e. The van der Waals surface area contributed by atoms with Gasteiger partial charge in [0.2, 0.25) is 0 Å². The summed E-state index contributed by atoms with van der Waals surface area (Å²) in [6, 6.07) is 7.27. The topological polar surface area (TPSA) is 69.9 Å². The van der Waals surface area contributed by atoms with Crippen molar-refractivity contribution in [2.45, 2.75) is 17.1 Å². The molecule has 0 fully saturated rings. The van der Waals surface area contributed by atoms with Crippen LogP contribution in [0.3, 0.4) is 0 Å². The van der Waals surface area contributed by atoms with Gasteiger partial charge in [0.1, 0.15) is 11.5 Å². The van der Waals surface area contributed by atoms with E-state index in [1.54, 1.807) is 43.3 Å². The van der Waals surface area contributed by atoms with Gasteiger partial charge in [-0.05, 0) is 37.6 Å². The Labute approximate surface area is 160 Å². The first-order valence-electron chi connectivity index (χ1n) is 7.79. The fraction of sp³-hybridized carbons (Fsp3) is 0.222. The van der Waals surface area contributed by atoms with Crippen molar-refractivity contribution in [3.05, 3.63) is 52.7 Å². The lowest BCUT2D eigenvalue weighted by Crippen LogP contribution is -2.21. The van der Waals surface area contributed by atoms with Crippen molar-refractivity contribution in [3.8, 4) is 22.8 Å². The first-order valence-corrected chi connectivity index (χ1v) is 10.2. The molecule has 6 nitrogen and oxygen atoms in total. The first kappa shape index (κ1) is 18.5. The molecule has 0 aromatic carbocycles. The van der Waals surface area contributed by atoms with Crippen LogP contribution in [0, 0.1) is 6.92 Å². The molecule has 0 aliphatic heterocycles. The number of aromatic nitrogens is 4. The fourth-order valence-electron chi connectivity index (χ4n) is 2.39. The Kier molecular flexibility index (Phi) is 5.63. The molecule has 0 unspecified atom stereocenters. The van der Waals surface area contributed by atoms with Crippen LogP contribution in [-0.4, -0.2) is 32.0 Å². The summed E-state index contributed by atoms with van der Waals surface area (Å²) in [6.07, 6.45) is 7.13. The van der Waals surface area contributed by atoms with Crippen molar-refractivity contribution in [3.63, 3.8) is 0 Å². The molecular weight excluding hydrogens is 368 g/mol. The molecule has 0 saturated carbocycles. The highest BCUT2D eigenvalue weighted by Gasteiger charge is 2.12. The maximum atomic E-state index is 12.5. The standard InChI is InChI=1S/C18H18N4O2S2/c1-11-15(24-12-7-8-19-16(9-12)25-3)6-5-14(21-11)13-10-20-18(26-4)22(2)17(13)23/h5-10H,1-4H3. The van der Waals surface area contributed by atoms with Gasteiger partial charge < -0.3 is 4.74 Å². The van der Waals surface area contributed by atoms with Crippen LogP contribution in [-0.2, 0) is 7.05 Å². The molecule has 0 aliphatic carbocycles. The molecule has 134 valence electrons. The third-order valence-electron chi connectivity index (χ3n) is 3.77. The smallest absolute Gasteiger partial charge is 0.263 e. The number of nitrogens with zero attached hydrogens (tertiary/aromatic N) is 4. The second-order valence-corrected chi connectivity index (χ2v) is 7.04. The third kappa shape index (κ3) is 3.76. The van der Waals surface area contributed by atoms with Gasteiger partial charge in [-0.1, -0.05) is 11.8 Å². The first-order chi connectivity index (χ1) is 12.5. The summed E-state index contributed by atoms with van der Waals surface area (Å²) in [5.41, 5.74) is 1.62. The lowest BCUT2D eigenvalue weighted by atomic mass is 10.2. The van der Waals surface area contributed by atoms with Gasteiger partial charge in [-0.15, -0.1) is 11.8 Å². The Hall–Kier alpha value is -2.32. The molecule has 0 N–H and O–H groups in total. The van der Waals surface area contributed by atoms with Crippen LogP contribution >= 0.6 is 23.5 Å². The Balaban J connectivity index is 1.93. The molecule has 0 aliphatic rings. The van der Waals surface area contributed by atoms with Crippen molar-refractivity contribution in [2.75, 3.05) is 12.5 Å². The van der Waals surface area contributed by atoms with Crippen LogP contribution in [0.5, 0.6) is 11.5 Å². The van der Waals surface area contributed by atoms with E-state index in [1.165, 1.54) is 16.3 Å². The van der Waals surface area contributed by atoms with Gasteiger partial charge in [0.05, 0.1) is 22.0 Å². The highest BCUT2D eigenvalue weighted by atomic mass is 32.2. The quantitative estimate of drug-likeness (QED) is 0.488. The number of hydrogen-bond donors (Lipinski definition) is 0. The lowest BCUT2D eigenvalue weighted by molar-refractivity contribution is 0.473. The average molecular weight is 387 g/mol. The second kappa shape index (κ2) is 7.92. The summed E-state index contributed by atoms with van der Waals surface area (Å²) in [5.74, 6) is 1.33. The van der Waals surface area contributed by atoms with Crippen LogP contribution in [0.1, 0.15) is 5.69 Å². The lowest BCUT2D eigenvalue weighted by Gasteiger charge is -2.11.